The first-order valence-corrected chi connectivity index (χ1v) is 6.28. The van der Waals surface area contributed by atoms with Crippen molar-refractivity contribution < 1.29 is 4.74 Å². The Morgan fingerprint density at radius 2 is 2.00 bits per heavy atom. The lowest BCUT2D eigenvalue weighted by Gasteiger charge is -2.34. The lowest BCUT2D eigenvalue weighted by molar-refractivity contribution is 0.0537. The minimum absolute atomic E-state index is 0.158. The average molecular weight is 267 g/mol. The first-order valence-electron chi connectivity index (χ1n) is 6.28. The van der Waals surface area contributed by atoms with Gasteiger partial charge in [-0.15, -0.1) is 0 Å². The summed E-state index contributed by atoms with van der Waals surface area (Å²) in [5.41, 5.74) is 2.29. The Labute approximate surface area is 112 Å². The van der Waals surface area contributed by atoms with Crippen LogP contribution in [0.1, 0.15) is 19.8 Å². The third-order valence-corrected chi connectivity index (χ3v) is 3.00. The summed E-state index contributed by atoms with van der Waals surface area (Å²) in [7, 11) is 3.73. The molecule has 4 N–H and O–H groups in total. The van der Waals surface area contributed by atoms with Gasteiger partial charge < -0.3 is 15.0 Å². The summed E-state index contributed by atoms with van der Waals surface area (Å²) in [6.07, 6.45) is 2.04. The van der Waals surface area contributed by atoms with Crippen LogP contribution in [0.25, 0.3) is 0 Å². The van der Waals surface area contributed by atoms with Crippen LogP contribution < -0.4 is 21.5 Å². The molecule has 0 bridgehead atoms. The van der Waals surface area contributed by atoms with E-state index >= 15 is 0 Å². The number of rotatable bonds is 4. The van der Waals surface area contributed by atoms with Crippen molar-refractivity contribution in [1.29, 1.82) is 0 Å². The van der Waals surface area contributed by atoms with E-state index in [-0.39, 0.29) is 5.54 Å². The predicted octanol–water partition coefficient (Wildman–Crippen LogP) is 0.204. The highest BCUT2D eigenvalue weighted by molar-refractivity contribution is 5.43. The molecule has 1 aromatic heterocycles. The van der Waals surface area contributed by atoms with Gasteiger partial charge in [-0.1, -0.05) is 0 Å². The molecule has 1 aliphatic rings. The summed E-state index contributed by atoms with van der Waals surface area (Å²) in [4.78, 5) is 14.5. The maximum Gasteiger partial charge on any atom is 0.243 e. The van der Waals surface area contributed by atoms with Gasteiger partial charge in [-0.25, -0.2) is 5.84 Å². The van der Waals surface area contributed by atoms with E-state index in [1.807, 2.05) is 14.1 Å². The van der Waals surface area contributed by atoms with Gasteiger partial charge in [0.1, 0.15) is 0 Å². The van der Waals surface area contributed by atoms with Crippen LogP contribution in [0.2, 0.25) is 0 Å². The summed E-state index contributed by atoms with van der Waals surface area (Å²) < 4.78 is 5.51. The number of hydrogen-bond donors (Lipinski definition) is 3. The molecule has 0 amide bonds. The minimum Gasteiger partial charge on any atom is -0.379 e. The number of hydrazine groups is 1. The number of nitrogens with zero attached hydrogens (tertiary/aromatic N) is 4. The third kappa shape index (κ3) is 3.42. The van der Waals surface area contributed by atoms with Crippen LogP contribution in [0.5, 0.6) is 0 Å². The minimum atomic E-state index is -0.158. The second-order valence-electron chi connectivity index (χ2n) is 5.16. The van der Waals surface area contributed by atoms with Gasteiger partial charge in [0.25, 0.3) is 0 Å². The molecule has 1 saturated heterocycles. The van der Waals surface area contributed by atoms with Crippen molar-refractivity contribution in [3.63, 3.8) is 0 Å². The summed E-state index contributed by atoms with van der Waals surface area (Å²) in [5.74, 6) is 6.76. The van der Waals surface area contributed by atoms with E-state index in [9.17, 15) is 0 Å². The molecule has 106 valence electrons. The number of nitrogens with two attached hydrogens (primary N) is 1. The van der Waals surface area contributed by atoms with Crippen LogP contribution in [0.15, 0.2) is 0 Å². The van der Waals surface area contributed by atoms with E-state index in [0.29, 0.717) is 24.5 Å². The molecule has 1 atom stereocenters. The molecule has 19 heavy (non-hydrogen) atoms. The Bertz CT molecular complexity index is 431. The monoisotopic (exact) mass is 267 g/mol. The fourth-order valence-electron chi connectivity index (χ4n) is 1.99. The molecule has 2 rings (SSSR count). The van der Waals surface area contributed by atoms with Crippen molar-refractivity contribution in [3.05, 3.63) is 0 Å². The Morgan fingerprint density at radius 3 is 2.58 bits per heavy atom. The van der Waals surface area contributed by atoms with Gasteiger partial charge in [0.05, 0.1) is 12.1 Å². The lowest BCUT2D eigenvalue weighted by Crippen LogP contribution is -2.43. The summed E-state index contributed by atoms with van der Waals surface area (Å²) in [6.45, 7) is 3.55. The molecular weight excluding hydrogens is 246 g/mol. The van der Waals surface area contributed by atoms with Crippen LogP contribution in [-0.2, 0) is 4.74 Å². The Balaban J connectivity index is 2.21. The Hall–Kier alpha value is -1.67. The molecule has 2 heterocycles. The van der Waals surface area contributed by atoms with Crippen LogP contribution in [0, 0.1) is 0 Å². The number of nitrogen functional groups attached to an aromatic ring is 1. The molecule has 0 aliphatic carbocycles. The van der Waals surface area contributed by atoms with Gasteiger partial charge in [-0.05, 0) is 19.8 Å². The van der Waals surface area contributed by atoms with Crippen LogP contribution in [0.3, 0.4) is 0 Å². The van der Waals surface area contributed by atoms with Gasteiger partial charge in [-0.2, -0.15) is 15.0 Å². The zero-order valence-corrected chi connectivity index (χ0v) is 11.6. The number of anilines is 3. The Morgan fingerprint density at radius 1 is 1.26 bits per heavy atom. The highest BCUT2D eigenvalue weighted by Crippen LogP contribution is 2.23. The van der Waals surface area contributed by atoms with Crippen molar-refractivity contribution in [2.45, 2.75) is 25.3 Å². The smallest absolute Gasteiger partial charge is 0.243 e. The SMILES string of the molecule is CN(C)c1nc(NN)nc(NC2(C)CCCOC2)n1. The van der Waals surface area contributed by atoms with Crippen molar-refractivity contribution in [2.24, 2.45) is 5.84 Å². The van der Waals surface area contributed by atoms with E-state index in [4.69, 9.17) is 10.6 Å². The van der Waals surface area contributed by atoms with Gasteiger partial charge >= 0.3 is 0 Å². The van der Waals surface area contributed by atoms with E-state index in [1.165, 1.54) is 0 Å². The quantitative estimate of drug-likeness (QED) is 0.525. The predicted molar refractivity (Wildman–Crippen MR) is 74.0 cm³/mol. The number of nitrogens with one attached hydrogen (secondary N) is 2. The van der Waals surface area contributed by atoms with E-state index < -0.39 is 0 Å². The van der Waals surface area contributed by atoms with E-state index in [0.717, 1.165) is 19.4 Å². The molecule has 0 aromatic carbocycles. The highest BCUT2D eigenvalue weighted by Gasteiger charge is 2.28. The van der Waals surface area contributed by atoms with E-state index in [2.05, 4.69) is 32.6 Å². The molecule has 0 saturated carbocycles. The van der Waals surface area contributed by atoms with Gasteiger partial charge in [0.2, 0.25) is 17.8 Å². The molecule has 1 aromatic rings. The average Bonchev–Trinajstić information content (AvgIpc) is 2.38. The van der Waals surface area contributed by atoms with Crippen molar-refractivity contribution in [3.8, 4) is 0 Å². The van der Waals surface area contributed by atoms with Crippen molar-refractivity contribution in [1.82, 2.24) is 15.0 Å². The maximum absolute atomic E-state index is 5.51. The second-order valence-corrected chi connectivity index (χ2v) is 5.16. The van der Waals surface area contributed by atoms with Gasteiger partial charge in [0, 0.05) is 20.7 Å². The molecule has 8 heteroatoms. The number of aromatic nitrogens is 3. The second kappa shape index (κ2) is 5.54. The molecular formula is C11H21N7O. The topological polar surface area (TPSA) is 101 Å². The molecule has 1 fully saturated rings. The molecule has 8 nitrogen and oxygen atoms in total. The van der Waals surface area contributed by atoms with Gasteiger partial charge in [0.15, 0.2) is 0 Å². The maximum atomic E-state index is 5.51. The van der Waals surface area contributed by atoms with Crippen molar-refractivity contribution >= 4 is 17.8 Å². The summed E-state index contributed by atoms with van der Waals surface area (Å²) >= 11 is 0. The lowest BCUT2D eigenvalue weighted by atomic mass is 9.95. The van der Waals surface area contributed by atoms with Gasteiger partial charge in [-0.3, -0.25) is 5.43 Å². The van der Waals surface area contributed by atoms with E-state index in [1.54, 1.807) is 4.90 Å². The number of hydrogen-bond acceptors (Lipinski definition) is 8. The van der Waals surface area contributed by atoms with Crippen LogP contribution in [-0.4, -0.2) is 47.8 Å². The Kier molecular flexibility index (Phi) is 4.01. The molecule has 1 unspecified atom stereocenters. The normalized spacial score (nSPS) is 22.9. The summed E-state index contributed by atoms with van der Waals surface area (Å²) in [6, 6.07) is 0. The third-order valence-electron chi connectivity index (χ3n) is 3.00. The van der Waals surface area contributed by atoms with Crippen LogP contribution in [0.4, 0.5) is 17.8 Å². The number of ether oxygens (including phenoxy) is 1. The highest BCUT2D eigenvalue weighted by atomic mass is 16.5. The molecule has 0 spiro atoms. The largest absolute Gasteiger partial charge is 0.379 e. The standard InChI is InChI=1S/C11H21N7O/c1-11(5-4-6-19-7-11)16-8-13-9(17-12)15-10(14-8)18(2)3/h4-7,12H2,1-3H3,(H2,13,14,15,16,17). The van der Waals surface area contributed by atoms with Crippen LogP contribution >= 0.6 is 0 Å². The molecule has 0 radical (unpaired) electrons. The zero-order valence-electron chi connectivity index (χ0n) is 11.6. The zero-order chi connectivity index (χ0) is 13.9. The van der Waals surface area contributed by atoms with Crippen molar-refractivity contribution in [2.75, 3.05) is 43.0 Å². The summed E-state index contributed by atoms with van der Waals surface area (Å²) in [5, 5.41) is 3.32. The fraction of sp³-hybridized carbons (Fsp3) is 0.727. The first kappa shape index (κ1) is 13.8. The molecule has 1 aliphatic heterocycles. The fourth-order valence-corrected chi connectivity index (χ4v) is 1.99. The first-order chi connectivity index (χ1) is 9.02.